The third-order valence-electron chi connectivity index (χ3n) is 3.80. The second-order valence-electron chi connectivity index (χ2n) is 5.24. The summed E-state index contributed by atoms with van der Waals surface area (Å²) in [6.07, 6.45) is 0.751. The second kappa shape index (κ2) is 6.64. The van der Waals surface area contributed by atoms with Crippen molar-refractivity contribution >= 4 is 5.69 Å². The first-order chi connectivity index (χ1) is 10.3. The first-order valence-electron chi connectivity index (χ1n) is 7.29. The van der Waals surface area contributed by atoms with Gasteiger partial charge in [0, 0.05) is 31.9 Å². The SMILES string of the molecule is OC(CCc1ccc(N2CCNCC2)cc1)c1nnn[nH]1. The van der Waals surface area contributed by atoms with Crippen LogP contribution in [0.1, 0.15) is 23.9 Å². The first kappa shape index (κ1) is 14.0. The third-order valence-corrected chi connectivity index (χ3v) is 3.80. The van der Waals surface area contributed by atoms with Gasteiger partial charge in [0.25, 0.3) is 0 Å². The number of nitrogens with zero attached hydrogens (tertiary/aromatic N) is 4. The maximum absolute atomic E-state index is 9.94. The summed E-state index contributed by atoms with van der Waals surface area (Å²) in [5.41, 5.74) is 2.47. The molecule has 1 aliphatic heterocycles. The van der Waals surface area contributed by atoms with Crippen LogP contribution in [-0.4, -0.2) is 51.9 Å². The topological polar surface area (TPSA) is 90.0 Å². The lowest BCUT2D eigenvalue weighted by atomic mass is 10.1. The Labute approximate surface area is 123 Å². The molecule has 21 heavy (non-hydrogen) atoms. The number of aromatic nitrogens is 4. The molecule has 7 nitrogen and oxygen atoms in total. The van der Waals surface area contributed by atoms with Crippen molar-refractivity contribution in [2.45, 2.75) is 18.9 Å². The molecule has 1 aromatic carbocycles. The average Bonchev–Trinajstić information content (AvgIpc) is 3.08. The summed E-state index contributed by atoms with van der Waals surface area (Å²) in [7, 11) is 0. The Morgan fingerprint density at radius 3 is 2.62 bits per heavy atom. The number of piperazine rings is 1. The molecule has 0 amide bonds. The molecule has 112 valence electrons. The normalized spacial score (nSPS) is 16.9. The minimum Gasteiger partial charge on any atom is -0.385 e. The molecule has 0 saturated carbocycles. The monoisotopic (exact) mass is 288 g/mol. The van der Waals surface area contributed by atoms with Crippen LogP contribution in [0.15, 0.2) is 24.3 Å². The van der Waals surface area contributed by atoms with Crippen LogP contribution in [-0.2, 0) is 6.42 Å². The summed E-state index contributed by atoms with van der Waals surface area (Å²) in [6.45, 7) is 4.19. The van der Waals surface area contributed by atoms with E-state index in [1.54, 1.807) is 0 Å². The Balaban J connectivity index is 1.54. The maximum atomic E-state index is 9.94. The van der Waals surface area contributed by atoms with Gasteiger partial charge >= 0.3 is 0 Å². The van der Waals surface area contributed by atoms with Gasteiger partial charge in [-0.1, -0.05) is 12.1 Å². The molecular formula is C14H20N6O. The zero-order chi connectivity index (χ0) is 14.5. The molecule has 0 aliphatic carbocycles. The predicted molar refractivity (Wildman–Crippen MR) is 79.0 cm³/mol. The fourth-order valence-electron chi connectivity index (χ4n) is 2.54. The molecule has 1 saturated heterocycles. The Morgan fingerprint density at radius 1 is 1.19 bits per heavy atom. The predicted octanol–water partition coefficient (Wildman–Crippen LogP) is 0.276. The molecule has 1 atom stereocenters. The standard InChI is InChI=1S/C14H20N6O/c21-13(14-16-18-19-17-14)6-3-11-1-4-12(5-2-11)20-9-7-15-8-10-20/h1-2,4-5,13,15,21H,3,6-10H2,(H,16,17,18,19). The minimum atomic E-state index is -0.646. The fraction of sp³-hybridized carbons (Fsp3) is 0.500. The van der Waals surface area contributed by atoms with E-state index in [4.69, 9.17) is 0 Å². The smallest absolute Gasteiger partial charge is 0.177 e. The molecule has 7 heteroatoms. The summed E-state index contributed by atoms with van der Waals surface area (Å²) in [4.78, 5) is 2.38. The molecule has 1 aliphatic rings. The van der Waals surface area contributed by atoms with Gasteiger partial charge in [-0.25, -0.2) is 5.10 Å². The zero-order valence-electron chi connectivity index (χ0n) is 11.9. The van der Waals surface area contributed by atoms with Gasteiger partial charge in [-0.05, 0) is 41.0 Å². The quantitative estimate of drug-likeness (QED) is 0.732. The van der Waals surface area contributed by atoms with E-state index in [0.29, 0.717) is 12.2 Å². The van der Waals surface area contributed by atoms with E-state index in [0.717, 1.165) is 32.6 Å². The Bertz CT molecular complexity index is 535. The number of aliphatic hydroxyl groups excluding tert-OH is 1. The van der Waals surface area contributed by atoms with Crippen molar-refractivity contribution in [3.05, 3.63) is 35.7 Å². The van der Waals surface area contributed by atoms with E-state index < -0.39 is 6.10 Å². The van der Waals surface area contributed by atoms with Gasteiger partial charge in [0.1, 0.15) is 6.10 Å². The summed E-state index contributed by atoms with van der Waals surface area (Å²) in [5.74, 6) is 0.424. The van der Waals surface area contributed by atoms with Crippen molar-refractivity contribution < 1.29 is 5.11 Å². The highest BCUT2D eigenvalue weighted by atomic mass is 16.3. The maximum Gasteiger partial charge on any atom is 0.177 e. The molecule has 3 rings (SSSR count). The lowest BCUT2D eigenvalue weighted by Crippen LogP contribution is -2.43. The van der Waals surface area contributed by atoms with Crippen molar-refractivity contribution in [3.8, 4) is 0 Å². The number of aliphatic hydroxyl groups is 1. The van der Waals surface area contributed by atoms with E-state index in [1.165, 1.54) is 11.3 Å². The summed E-state index contributed by atoms with van der Waals surface area (Å²) in [6, 6.07) is 8.57. The van der Waals surface area contributed by atoms with E-state index in [1.807, 2.05) is 0 Å². The molecule has 0 radical (unpaired) electrons. The van der Waals surface area contributed by atoms with Crippen LogP contribution < -0.4 is 10.2 Å². The van der Waals surface area contributed by atoms with Gasteiger partial charge in [-0.15, -0.1) is 5.10 Å². The molecule has 0 bridgehead atoms. The molecule has 2 heterocycles. The van der Waals surface area contributed by atoms with E-state index in [2.05, 4.69) is 55.1 Å². The number of benzene rings is 1. The molecule has 1 unspecified atom stereocenters. The summed E-state index contributed by atoms with van der Waals surface area (Å²) in [5, 5.41) is 26.5. The van der Waals surface area contributed by atoms with Crippen LogP contribution in [0, 0.1) is 0 Å². The lowest BCUT2D eigenvalue weighted by molar-refractivity contribution is 0.158. The van der Waals surface area contributed by atoms with Gasteiger partial charge in [-0.3, -0.25) is 0 Å². The van der Waals surface area contributed by atoms with Crippen molar-refractivity contribution in [3.63, 3.8) is 0 Å². The van der Waals surface area contributed by atoms with Gasteiger partial charge < -0.3 is 15.3 Å². The highest BCUT2D eigenvalue weighted by Crippen LogP contribution is 2.19. The highest BCUT2D eigenvalue weighted by molar-refractivity contribution is 5.48. The fourth-order valence-corrected chi connectivity index (χ4v) is 2.54. The van der Waals surface area contributed by atoms with Crippen molar-refractivity contribution in [2.75, 3.05) is 31.1 Å². The van der Waals surface area contributed by atoms with Crippen LogP contribution >= 0.6 is 0 Å². The third kappa shape index (κ3) is 3.56. The first-order valence-corrected chi connectivity index (χ1v) is 7.29. The van der Waals surface area contributed by atoms with Crippen molar-refractivity contribution in [1.82, 2.24) is 25.9 Å². The highest BCUT2D eigenvalue weighted by Gasteiger charge is 2.12. The average molecular weight is 288 g/mol. The van der Waals surface area contributed by atoms with Gasteiger partial charge in [-0.2, -0.15) is 0 Å². The van der Waals surface area contributed by atoms with E-state index >= 15 is 0 Å². The summed E-state index contributed by atoms with van der Waals surface area (Å²) < 4.78 is 0. The van der Waals surface area contributed by atoms with Crippen molar-refractivity contribution in [2.24, 2.45) is 0 Å². The van der Waals surface area contributed by atoms with Gasteiger partial charge in [0.15, 0.2) is 5.82 Å². The number of tetrazole rings is 1. The van der Waals surface area contributed by atoms with Gasteiger partial charge in [0.2, 0.25) is 0 Å². The lowest BCUT2D eigenvalue weighted by Gasteiger charge is -2.29. The number of nitrogens with one attached hydrogen (secondary N) is 2. The van der Waals surface area contributed by atoms with Crippen LogP contribution in [0.4, 0.5) is 5.69 Å². The molecule has 1 aromatic heterocycles. The van der Waals surface area contributed by atoms with Gasteiger partial charge in [0.05, 0.1) is 0 Å². The number of H-pyrrole nitrogens is 1. The Kier molecular flexibility index (Phi) is 4.42. The molecule has 0 spiro atoms. The number of hydrogen-bond donors (Lipinski definition) is 3. The molecular weight excluding hydrogens is 268 g/mol. The Hall–Kier alpha value is -1.99. The second-order valence-corrected chi connectivity index (χ2v) is 5.24. The van der Waals surface area contributed by atoms with E-state index in [9.17, 15) is 5.11 Å². The van der Waals surface area contributed by atoms with Crippen LogP contribution in [0.5, 0.6) is 0 Å². The summed E-state index contributed by atoms with van der Waals surface area (Å²) >= 11 is 0. The molecule has 3 N–H and O–H groups in total. The Morgan fingerprint density at radius 2 is 1.95 bits per heavy atom. The van der Waals surface area contributed by atoms with E-state index in [-0.39, 0.29) is 0 Å². The van der Waals surface area contributed by atoms with Crippen LogP contribution in [0.2, 0.25) is 0 Å². The van der Waals surface area contributed by atoms with Crippen LogP contribution in [0.25, 0.3) is 0 Å². The molecule has 1 fully saturated rings. The number of rotatable bonds is 5. The zero-order valence-corrected chi connectivity index (χ0v) is 11.9. The number of anilines is 1. The minimum absolute atomic E-state index is 0.424. The number of aromatic amines is 1. The largest absolute Gasteiger partial charge is 0.385 e. The number of hydrogen-bond acceptors (Lipinski definition) is 6. The molecule has 2 aromatic rings. The van der Waals surface area contributed by atoms with Crippen LogP contribution in [0.3, 0.4) is 0 Å². The number of aryl methyl sites for hydroxylation is 1. The van der Waals surface area contributed by atoms with Crippen molar-refractivity contribution in [1.29, 1.82) is 0 Å².